The third-order valence-corrected chi connectivity index (χ3v) is 5.61. The average molecular weight is 324 g/mol. The molecule has 3 rings (SSSR count). The van der Waals surface area contributed by atoms with Crippen LogP contribution in [0.25, 0.3) is 0 Å². The number of hydrogen-bond acceptors (Lipinski definition) is 3. The van der Waals surface area contributed by atoms with Crippen LogP contribution in [0.2, 0.25) is 4.34 Å². The van der Waals surface area contributed by atoms with E-state index >= 15 is 0 Å². The van der Waals surface area contributed by atoms with Crippen molar-refractivity contribution >= 4 is 22.9 Å². The van der Waals surface area contributed by atoms with Crippen LogP contribution in [-0.4, -0.2) is 6.04 Å². The third-order valence-electron chi connectivity index (χ3n) is 4.31. The molecule has 0 spiro atoms. The molecule has 2 unspecified atom stereocenters. The van der Waals surface area contributed by atoms with Crippen LogP contribution in [0.5, 0.6) is 0 Å². The van der Waals surface area contributed by atoms with Crippen LogP contribution >= 0.6 is 22.9 Å². The van der Waals surface area contributed by atoms with Gasteiger partial charge in [-0.25, -0.2) is 0 Å². The summed E-state index contributed by atoms with van der Waals surface area (Å²) in [5, 5.41) is 3.80. The molecule has 2 aromatic heterocycles. The molecule has 1 fully saturated rings. The maximum atomic E-state index is 6.11. The first kappa shape index (κ1) is 15.1. The Balaban J connectivity index is 1.80. The summed E-state index contributed by atoms with van der Waals surface area (Å²) in [5.74, 6) is 0.969. The maximum Gasteiger partial charge on any atom is 0.126 e. The molecular weight excluding hydrogens is 302 g/mol. The van der Waals surface area contributed by atoms with Crippen LogP contribution in [0.3, 0.4) is 0 Å². The molecule has 1 saturated carbocycles. The van der Waals surface area contributed by atoms with Gasteiger partial charge in [0.15, 0.2) is 0 Å². The van der Waals surface area contributed by atoms with E-state index in [1.807, 2.05) is 18.2 Å². The minimum absolute atomic E-state index is 0.108. The molecule has 0 radical (unpaired) electrons. The Bertz CT molecular complexity index is 575. The monoisotopic (exact) mass is 323 g/mol. The summed E-state index contributed by atoms with van der Waals surface area (Å²) in [7, 11) is 0. The van der Waals surface area contributed by atoms with E-state index in [9.17, 15) is 0 Å². The summed E-state index contributed by atoms with van der Waals surface area (Å²) in [4.78, 5) is 1.22. The Morgan fingerprint density at radius 2 is 2.24 bits per heavy atom. The Labute approximate surface area is 135 Å². The second-order valence-electron chi connectivity index (χ2n) is 6.71. The molecule has 4 heteroatoms. The lowest BCUT2D eigenvalue weighted by atomic mass is 9.75. The highest BCUT2D eigenvalue weighted by Crippen LogP contribution is 2.38. The third kappa shape index (κ3) is 3.71. The van der Waals surface area contributed by atoms with Crippen LogP contribution in [-0.2, 0) is 0 Å². The molecular formula is C17H22ClNOS. The van der Waals surface area contributed by atoms with Gasteiger partial charge in [0.05, 0.1) is 10.6 Å². The van der Waals surface area contributed by atoms with Crippen LogP contribution in [0.4, 0.5) is 0 Å². The predicted molar refractivity (Wildman–Crippen MR) is 89.1 cm³/mol. The maximum absolute atomic E-state index is 6.11. The van der Waals surface area contributed by atoms with Crippen molar-refractivity contribution in [2.24, 2.45) is 5.41 Å². The molecule has 2 heterocycles. The van der Waals surface area contributed by atoms with Gasteiger partial charge in [-0.1, -0.05) is 31.9 Å². The number of halogens is 1. The lowest BCUT2D eigenvalue weighted by Gasteiger charge is -2.37. The number of furan rings is 1. The molecule has 2 aromatic rings. The zero-order chi connectivity index (χ0) is 14.9. The van der Waals surface area contributed by atoms with Gasteiger partial charge in [0, 0.05) is 10.9 Å². The van der Waals surface area contributed by atoms with E-state index in [1.165, 1.54) is 30.6 Å². The normalized spacial score (nSPS) is 23.1. The van der Waals surface area contributed by atoms with Crippen molar-refractivity contribution in [3.63, 3.8) is 0 Å². The van der Waals surface area contributed by atoms with Gasteiger partial charge in [-0.15, -0.1) is 11.3 Å². The summed E-state index contributed by atoms with van der Waals surface area (Å²) in [6, 6.07) is 8.69. The van der Waals surface area contributed by atoms with Crippen molar-refractivity contribution in [3.05, 3.63) is 45.5 Å². The van der Waals surface area contributed by atoms with Crippen LogP contribution in [0, 0.1) is 5.41 Å². The Morgan fingerprint density at radius 3 is 2.86 bits per heavy atom. The predicted octanol–water partition coefficient (Wildman–Crippen LogP) is 5.64. The molecule has 0 amide bonds. The average Bonchev–Trinajstić information content (AvgIpc) is 3.06. The first-order valence-electron chi connectivity index (χ1n) is 7.58. The van der Waals surface area contributed by atoms with Crippen molar-refractivity contribution in [1.29, 1.82) is 0 Å². The van der Waals surface area contributed by atoms with Crippen LogP contribution in [0.15, 0.2) is 34.9 Å². The van der Waals surface area contributed by atoms with E-state index in [-0.39, 0.29) is 6.04 Å². The van der Waals surface area contributed by atoms with E-state index in [2.05, 4.69) is 25.2 Å². The van der Waals surface area contributed by atoms with Crippen molar-refractivity contribution in [1.82, 2.24) is 5.32 Å². The summed E-state index contributed by atoms with van der Waals surface area (Å²) in [6.45, 7) is 4.73. The summed E-state index contributed by atoms with van der Waals surface area (Å²) in [6.07, 6.45) is 6.80. The van der Waals surface area contributed by atoms with E-state index in [4.69, 9.17) is 16.0 Å². The largest absolute Gasteiger partial charge is 0.467 e. The van der Waals surface area contributed by atoms with Crippen molar-refractivity contribution in [3.8, 4) is 0 Å². The van der Waals surface area contributed by atoms with Gasteiger partial charge in [0.1, 0.15) is 11.8 Å². The summed E-state index contributed by atoms with van der Waals surface area (Å²) in [5.41, 5.74) is 0.427. The minimum Gasteiger partial charge on any atom is -0.467 e. The molecule has 2 nitrogen and oxygen atoms in total. The molecule has 0 aromatic carbocycles. The molecule has 114 valence electrons. The fourth-order valence-corrected chi connectivity index (χ4v) is 4.45. The zero-order valence-electron chi connectivity index (χ0n) is 12.6. The Hall–Kier alpha value is -0.770. The zero-order valence-corrected chi connectivity index (χ0v) is 14.1. The second kappa shape index (κ2) is 6.15. The van der Waals surface area contributed by atoms with Crippen LogP contribution < -0.4 is 5.32 Å². The highest BCUT2D eigenvalue weighted by Gasteiger charge is 2.30. The Morgan fingerprint density at radius 1 is 1.38 bits per heavy atom. The van der Waals surface area contributed by atoms with Gasteiger partial charge in [-0.2, -0.15) is 0 Å². The molecule has 0 aliphatic heterocycles. The van der Waals surface area contributed by atoms with Gasteiger partial charge in [0.25, 0.3) is 0 Å². The smallest absolute Gasteiger partial charge is 0.126 e. The van der Waals surface area contributed by atoms with Crippen molar-refractivity contribution in [2.45, 2.75) is 51.6 Å². The number of nitrogens with one attached hydrogen (secondary N) is 1. The second-order valence-corrected chi connectivity index (χ2v) is 8.46. The van der Waals surface area contributed by atoms with Gasteiger partial charge < -0.3 is 9.73 Å². The molecule has 1 N–H and O–H groups in total. The Kier molecular flexibility index (Phi) is 4.43. The van der Waals surface area contributed by atoms with Gasteiger partial charge in [-0.05, 0) is 48.9 Å². The molecule has 2 atom stereocenters. The molecule has 1 aliphatic carbocycles. The number of rotatable bonds is 4. The minimum atomic E-state index is 0.108. The molecule has 0 saturated heterocycles. The lowest BCUT2D eigenvalue weighted by Crippen LogP contribution is -2.39. The standard InChI is InChI=1S/C17H22ClNOS/c1-17(2)9-3-5-12(11-17)19-16(13-6-4-10-20-13)14-7-8-15(18)21-14/h4,6-8,10,12,16,19H,3,5,9,11H2,1-2H3. The number of hydrogen-bond donors (Lipinski definition) is 1. The van der Waals surface area contributed by atoms with Crippen LogP contribution in [0.1, 0.15) is 56.2 Å². The molecule has 0 bridgehead atoms. The van der Waals surface area contributed by atoms with E-state index in [0.717, 1.165) is 10.1 Å². The lowest BCUT2D eigenvalue weighted by molar-refractivity contribution is 0.190. The first-order chi connectivity index (χ1) is 10.0. The summed E-state index contributed by atoms with van der Waals surface area (Å²) < 4.78 is 6.48. The van der Waals surface area contributed by atoms with Gasteiger partial charge >= 0.3 is 0 Å². The first-order valence-corrected chi connectivity index (χ1v) is 8.78. The SMILES string of the molecule is CC1(C)CCCC(NC(c2ccco2)c2ccc(Cl)s2)C1. The van der Waals surface area contributed by atoms with E-state index in [1.54, 1.807) is 17.6 Å². The summed E-state index contributed by atoms with van der Waals surface area (Å²) >= 11 is 7.74. The highest BCUT2D eigenvalue weighted by atomic mass is 35.5. The quantitative estimate of drug-likeness (QED) is 0.787. The molecule has 21 heavy (non-hydrogen) atoms. The topological polar surface area (TPSA) is 25.2 Å². The van der Waals surface area contributed by atoms with Gasteiger partial charge in [-0.3, -0.25) is 0 Å². The highest BCUT2D eigenvalue weighted by molar-refractivity contribution is 7.16. The van der Waals surface area contributed by atoms with Crippen molar-refractivity contribution < 1.29 is 4.42 Å². The fraction of sp³-hybridized carbons (Fsp3) is 0.529. The number of thiophene rings is 1. The fourth-order valence-electron chi connectivity index (χ4n) is 3.32. The molecule has 1 aliphatic rings. The van der Waals surface area contributed by atoms with Crippen molar-refractivity contribution in [2.75, 3.05) is 0 Å². The van der Waals surface area contributed by atoms with E-state index < -0.39 is 0 Å². The van der Waals surface area contributed by atoms with E-state index in [0.29, 0.717) is 11.5 Å². The van der Waals surface area contributed by atoms with Gasteiger partial charge in [0.2, 0.25) is 0 Å².